The summed E-state index contributed by atoms with van der Waals surface area (Å²) in [6.07, 6.45) is 0.556. The highest BCUT2D eigenvalue weighted by Crippen LogP contribution is 2.48. The van der Waals surface area contributed by atoms with Crippen LogP contribution in [-0.2, 0) is 21.5 Å². The number of aromatic nitrogens is 1. The van der Waals surface area contributed by atoms with E-state index >= 15 is 0 Å². The standard InChI is InChI=1S/C30H28FN3O2/c1-19-7-11-21(12-8-19)24-17-34-26(35)18-33(16-15-20-9-13-22(31)14-10-20)29(36)30(34,2)28-27(24)23-5-3-4-6-25(23)32-28/h3-14,24,32H,15-18H2,1-2H3/t24?,30-/m0/s1. The van der Waals surface area contributed by atoms with Crippen LogP contribution in [0, 0.1) is 12.7 Å². The molecule has 1 N–H and O–H groups in total. The first-order chi connectivity index (χ1) is 17.4. The van der Waals surface area contributed by atoms with Crippen molar-refractivity contribution in [1.29, 1.82) is 0 Å². The number of carbonyl (C=O) groups excluding carboxylic acids is 2. The summed E-state index contributed by atoms with van der Waals surface area (Å²) in [7, 11) is 0. The molecule has 3 heterocycles. The Morgan fingerprint density at radius 3 is 2.47 bits per heavy atom. The van der Waals surface area contributed by atoms with Gasteiger partial charge in [-0.05, 0) is 55.2 Å². The second-order valence-corrected chi connectivity index (χ2v) is 10.1. The van der Waals surface area contributed by atoms with Gasteiger partial charge in [-0.15, -0.1) is 0 Å². The summed E-state index contributed by atoms with van der Waals surface area (Å²) in [6.45, 7) is 4.83. The van der Waals surface area contributed by atoms with Gasteiger partial charge in [-0.25, -0.2) is 4.39 Å². The molecule has 2 atom stereocenters. The molecule has 2 aliphatic heterocycles. The van der Waals surface area contributed by atoms with Crippen LogP contribution in [0.15, 0.2) is 72.8 Å². The molecule has 2 amide bonds. The zero-order chi connectivity index (χ0) is 25.0. The van der Waals surface area contributed by atoms with Gasteiger partial charge in [-0.2, -0.15) is 0 Å². The van der Waals surface area contributed by atoms with Gasteiger partial charge in [0.25, 0.3) is 5.91 Å². The molecule has 182 valence electrons. The average molecular weight is 482 g/mol. The minimum atomic E-state index is -1.12. The summed E-state index contributed by atoms with van der Waals surface area (Å²) in [4.78, 5) is 34.6. The Balaban J connectivity index is 1.43. The van der Waals surface area contributed by atoms with Gasteiger partial charge in [0.05, 0.1) is 12.2 Å². The fourth-order valence-electron chi connectivity index (χ4n) is 5.87. The number of piperazine rings is 1. The topological polar surface area (TPSA) is 56.4 Å². The molecule has 0 aliphatic carbocycles. The van der Waals surface area contributed by atoms with Gasteiger partial charge in [0, 0.05) is 29.9 Å². The number of halogens is 1. The molecule has 0 radical (unpaired) electrons. The number of H-pyrrole nitrogens is 1. The Bertz CT molecular complexity index is 1470. The summed E-state index contributed by atoms with van der Waals surface area (Å²) in [5, 5.41) is 1.09. The summed E-state index contributed by atoms with van der Waals surface area (Å²) >= 11 is 0. The Morgan fingerprint density at radius 1 is 1.00 bits per heavy atom. The van der Waals surface area contributed by atoms with Crippen LogP contribution in [0.5, 0.6) is 0 Å². The van der Waals surface area contributed by atoms with Crippen LogP contribution in [0.3, 0.4) is 0 Å². The van der Waals surface area contributed by atoms with E-state index in [1.165, 1.54) is 17.7 Å². The van der Waals surface area contributed by atoms with E-state index in [1.807, 2.05) is 25.1 Å². The normalized spacial score (nSPS) is 21.6. The third-order valence-corrected chi connectivity index (χ3v) is 7.88. The lowest BCUT2D eigenvalue weighted by molar-refractivity contribution is -0.166. The molecule has 1 aromatic heterocycles. The van der Waals surface area contributed by atoms with E-state index in [1.54, 1.807) is 21.9 Å². The van der Waals surface area contributed by atoms with E-state index in [0.29, 0.717) is 19.5 Å². The molecule has 0 spiro atoms. The number of rotatable bonds is 4. The van der Waals surface area contributed by atoms with Crippen molar-refractivity contribution in [2.75, 3.05) is 19.6 Å². The molecule has 2 aliphatic rings. The largest absolute Gasteiger partial charge is 0.356 e. The average Bonchev–Trinajstić information content (AvgIpc) is 3.28. The predicted octanol–water partition coefficient (Wildman–Crippen LogP) is 4.89. The first-order valence-corrected chi connectivity index (χ1v) is 12.4. The first-order valence-electron chi connectivity index (χ1n) is 12.4. The summed E-state index contributed by atoms with van der Waals surface area (Å²) in [5.74, 6) is -0.466. The van der Waals surface area contributed by atoms with E-state index in [0.717, 1.165) is 33.3 Å². The van der Waals surface area contributed by atoms with Gasteiger partial charge in [-0.3, -0.25) is 9.59 Å². The molecule has 1 unspecified atom stereocenters. The molecular formula is C30H28FN3O2. The van der Waals surface area contributed by atoms with Crippen LogP contribution in [0.4, 0.5) is 4.39 Å². The van der Waals surface area contributed by atoms with E-state index in [-0.39, 0.29) is 30.1 Å². The van der Waals surface area contributed by atoms with Crippen molar-refractivity contribution in [2.24, 2.45) is 0 Å². The Labute approximate surface area is 209 Å². The number of para-hydroxylation sites is 1. The number of fused-ring (bicyclic) bond motifs is 5. The number of amides is 2. The number of hydrogen-bond acceptors (Lipinski definition) is 2. The second kappa shape index (κ2) is 8.33. The number of nitrogens with one attached hydrogen (secondary N) is 1. The molecule has 6 rings (SSSR count). The number of hydrogen-bond donors (Lipinski definition) is 1. The predicted molar refractivity (Wildman–Crippen MR) is 137 cm³/mol. The molecule has 3 aromatic carbocycles. The van der Waals surface area contributed by atoms with Crippen molar-refractivity contribution in [3.05, 3.63) is 107 Å². The fraction of sp³-hybridized carbons (Fsp3) is 0.267. The van der Waals surface area contributed by atoms with Crippen LogP contribution in [0.25, 0.3) is 10.9 Å². The lowest BCUT2D eigenvalue weighted by atomic mass is 9.76. The Hall–Kier alpha value is -3.93. The quantitative estimate of drug-likeness (QED) is 0.451. The van der Waals surface area contributed by atoms with E-state index in [2.05, 4.69) is 42.2 Å². The van der Waals surface area contributed by atoms with Crippen molar-refractivity contribution in [3.8, 4) is 0 Å². The molecule has 36 heavy (non-hydrogen) atoms. The van der Waals surface area contributed by atoms with Gasteiger partial charge in [0.2, 0.25) is 5.91 Å². The number of aryl methyl sites for hydroxylation is 1. The van der Waals surface area contributed by atoms with Crippen molar-refractivity contribution < 1.29 is 14.0 Å². The van der Waals surface area contributed by atoms with Gasteiger partial charge < -0.3 is 14.8 Å². The minimum absolute atomic E-state index is 0.0349. The lowest BCUT2D eigenvalue weighted by Gasteiger charge is -2.51. The maximum absolute atomic E-state index is 14.1. The van der Waals surface area contributed by atoms with E-state index < -0.39 is 5.54 Å². The Kier molecular flexibility index (Phi) is 5.21. The SMILES string of the molecule is Cc1ccc(C2CN3C(=O)CN(CCc4ccc(F)cc4)C(=O)[C@]3(C)c3[nH]c4ccccc4c32)cc1. The van der Waals surface area contributed by atoms with E-state index in [9.17, 15) is 14.0 Å². The van der Waals surface area contributed by atoms with Crippen LogP contribution < -0.4 is 0 Å². The second-order valence-electron chi connectivity index (χ2n) is 10.1. The van der Waals surface area contributed by atoms with Crippen LogP contribution in [-0.4, -0.2) is 46.2 Å². The van der Waals surface area contributed by atoms with Gasteiger partial charge in [0.15, 0.2) is 5.54 Å². The summed E-state index contributed by atoms with van der Waals surface area (Å²) < 4.78 is 13.3. The fourth-order valence-corrected chi connectivity index (χ4v) is 5.87. The van der Waals surface area contributed by atoms with Crippen LogP contribution >= 0.6 is 0 Å². The minimum Gasteiger partial charge on any atom is -0.356 e. The van der Waals surface area contributed by atoms with Crippen LogP contribution in [0.1, 0.15) is 40.8 Å². The van der Waals surface area contributed by atoms with Crippen molar-refractivity contribution >= 4 is 22.7 Å². The highest BCUT2D eigenvalue weighted by molar-refractivity contribution is 6.01. The molecular weight excluding hydrogens is 453 g/mol. The molecule has 1 fully saturated rings. The van der Waals surface area contributed by atoms with Gasteiger partial charge in [-0.1, -0.05) is 60.2 Å². The zero-order valence-corrected chi connectivity index (χ0v) is 20.4. The molecule has 0 bridgehead atoms. The van der Waals surface area contributed by atoms with E-state index in [4.69, 9.17) is 0 Å². The number of benzene rings is 3. The maximum Gasteiger partial charge on any atom is 0.254 e. The number of aromatic amines is 1. The third kappa shape index (κ3) is 3.43. The van der Waals surface area contributed by atoms with Crippen molar-refractivity contribution in [1.82, 2.24) is 14.8 Å². The summed E-state index contributed by atoms with van der Waals surface area (Å²) in [5.41, 5.74) is 4.98. The molecule has 0 saturated carbocycles. The number of nitrogens with zero attached hydrogens (tertiary/aromatic N) is 2. The smallest absolute Gasteiger partial charge is 0.254 e. The molecule has 6 heteroatoms. The van der Waals surface area contributed by atoms with Gasteiger partial charge in [0.1, 0.15) is 5.82 Å². The third-order valence-electron chi connectivity index (χ3n) is 7.88. The molecule has 5 nitrogen and oxygen atoms in total. The highest BCUT2D eigenvalue weighted by Gasteiger charge is 2.56. The van der Waals surface area contributed by atoms with Crippen LogP contribution in [0.2, 0.25) is 0 Å². The number of carbonyl (C=O) groups is 2. The lowest BCUT2D eigenvalue weighted by Crippen LogP contribution is -2.67. The maximum atomic E-state index is 14.1. The zero-order valence-electron chi connectivity index (χ0n) is 20.4. The first kappa shape index (κ1) is 22.5. The Morgan fingerprint density at radius 2 is 1.72 bits per heavy atom. The molecule has 1 saturated heterocycles. The van der Waals surface area contributed by atoms with Gasteiger partial charge >= 0.3 is 0 Å². The van der Waals surface area contributed by atoms with Crippen molar-refractivity contribution in [2.45, 2.75) is 31.7 Å². The molecule has 4 aromatic rings. The monoisotopic (exact) mass is 481 g/mol. The summed E-state index contributed by atoms with van der Waals surface area (Å²) in [6, 6.07) is 22.8. The van der Waals surface area contributed by atoms with Crippen molar-refractivity contribution in [3.63, 3.8) is 0 Å². The highest BCUT2D eigenvalue weighted by atomic mass is 19.1.